The third-order valence-corrected chi connectivity index (χ3v) is 6.38. The number of nitrogens with one attached hydrogen (secondary N) is 1. The van der Waals surface area contributed by atoms with E-state index in [-0.39, 0.29) is 5.41 Å². The van der Waals surface area contributed by atoms with Crippen LogP contribution in [0.2, 0.25) is 0 Å². The maximum absolute atomic E-state index is 4.76. The fourth-order valence-electron chi connectivity index (χ4n) is 2.31. The second-order valence-electron chi connectivity index (χ2n) is 6.54. The van der Waals surface area contributed by atoms with E-state index in [1.165, 1.54) is 26.0 Å². The zero-order valence-electron chi connectivity index (χ0n) is 13.9. The van der Waals surface area contributed by atoms with E-state index in [0.29, 0.717) is 6.04 Å². The van der Waals surface area contributed by atoms with E-state index in [2.05, 4.69) is 58.3 Å². The summed E-state index contributed by atoms with van der Waals surface area (Å²) in [5.74, 6) is 0. The Bertz CT molecular complexity index is 590. The van der Waals surface area contributed by atoms with Crippen LogP contribution in [0.25, 0.3) is 0 Å². The third kappa shape index (κ3) is 3.93. The molecule has 0 aromatic carbocycles. The standard InChI is InChI=1S/C17H26N2S2/c1-7-13-8-9-20-14(13)10-18-11(2)15-12(3)19-16(21-15)17(4,5)6/h8-9,11,18H,7,10H2,1-6H3. The van der Waals surface area contributed by atoms with Gasteiger partial charge >= 0.3 is 0 Å². The highest BCUT2D eigenvalue weighted by molar-refractivity contribution is 7.12. The fraction of sp³-hybridized carbons (Fsp3) is 0.588. The normalized spacial score (nSPS) is 13.6. The first-order valence-corrected chi connectivity index (χ1v) is 9.29. The van der Waals surface area contributed by atoms with E-state index in [1.54, 1.807) is 0 Å². The Morgan fingerprint density at radius 2 is 2.05 bits per heavy atom. The molecule has 2 aromatic rings. The van der Waals surface area contributed by atoms with Crippen LogP contribution in [0.4, 0.5) is 0 Å². The number of aryl methyl sites for hydroxylation is 2. The molecule has 1 unspecified atom stereocenters. The number of rotatable bonds is 5. The summed E-state index contributed by atoms with van der Waals surface area (Å²) in [6.07, 6.45) is 1.11. The molecular weight excluding hydrogens is 296 g/mol. The molecule has 0 aliphatic rings. The molecule has 0 aliphatic heterocycles. The minimum Gasteiger partial charge on any atom is -0.304 e. The molecule has 0 radical (unpaired) electrons. The van der Waals surface area contributed by atoms with Crippen molar-refractivity contribution in [2.45, 2.75) is 66.0 Å². The van der Waals surface area contributed by atoms with Crippen LogP contribution in [0.5, 0.6) is 0 Å². The van der Waals surface area contributed by atoms with Gasteiger partial charge in [0.15, 0.2) is 0 Å². The molecule has 1 N–H and O–H groups in total. The van der Waals surface area contributed by atoms with Crippen LogP contribution in [-0.2, 0) is 18.4 Å². The molecule has 0 bridgehead atoms. The molecule has 0 saturated carbocycles. The van der Waals surface area contributed by atoms with Gasteiger partial charge in [0.25, 0.3) is 0 Å². The summed E-state index contributed by atoms with van der Waals surface area (Å²) in [5, 5.41) is 7.08. The topological polar surface area (TPSA) is 24.9 Å². The van der Waals surface area contributed by atoms with E-state index >= 15 is 0 Å². The molecule has 2 nitrogen and oxygen atoms in total. The molecule has 0 fully saturated rings. The van der Waals surface area contributed by atoms with E-state index in [4.69, 9.17) is 4.98 Å². The number of hydrogen-bond donors (Lipinski definition) is 1. The van der Waals surface area contributed by atoms with Crippen LogP contribution < -0.4 is 5.32 Å². The highest BCUT2D eigenvalue weighted by Crippen LogP contribution is 2.32. The SMILES string of the molecule is CCc1ccsc1CNC(C)c1sc(C(C)(C)C)nc1C. The van der Waals surface area contributed by atoms with E-state index in [0.717, 1.165) is 13.0 Å². The zero-order chi connectivity index (χ0) is 15.6. The lowest BCUT2D eigenvalue weighted by Crippen LogP contribution is -2.17. The van der Waals surface area contributed by atoms with Crippen molar-refractivity contribution in [1.29, 1.82) is 0 Å². The van der Waals surface area contributed by atoms with Gasteiger partial charge in [-0.2, -0.15) is 0 Å². The Morgan fingerprint density at radius 3 is 2.62 bits per heavy atom. The summed E-state index contributed by atoms with van der Waals surface area (Å²) in [7, 11) is 0. The molecule has 4 heteroatoms. The van der Waals surface area contributed by atoms with Gasteiger partial charge in [-0.05, 0) is 37.3 Å². The second kappa shape index (κ2) is 6.59. The first kappa shape index (κ1) is 16.7. The molecule has 21 heavy (non-hydrogen) atoms. The molecular formula is C17H26N2S2. The quantitative estimate of drug-likeness (QED) is 0.816. The molecule has 116 valence electrons. The first-order valence-electron chi connectivity index (χ1n) is 7.59. The van der Waals surface area contributed by atoms with E-state index in [9.17, 15) is 0 Å². The largest absolute Gasteiger partial charge is 0.304 e. The molecule has 0 aliphatic carbocycles. The fourth-order valence-corrected chi connectivity index (χ4v) is 4.38. The third-order valence-electron chi connectivity index (χ3n) is 3.65. The summed E-state index contributed by atoms with van der Waals surface area (Å²) < 4.78 is 0. The maximum atomic E-state index is 4.76. The molecule has 2 rings (SSSR count). The van der Waals surface area contributed by atoms with E-state index in [1.807, 2.05) is 22.7 Å². The van der Waals surface area contributed by atoms with Crippen molar-refractivity contribution in [3.63, 3.8) is 0 Å². The van der Waals surface area contributed by atoms with Crippen molar-refractivity contribution < 1.29 is 0 Å². The number of hydrogen-bond acceptors (Lipinski definition) is 4. The van der Waals surface area contributed by atoms with Crippen molar-refractivity contribution in [3.05, 3.63) is 37.5 Å². The van der Waals surface area contributed by atoms with Gasteiger partial charge < -0.3 is 5.32 Å². The van der Waals surface area contributed by atoms with E-state index < -0.39 is 0 Å². The van der Waals surface area contributed by atoms with Crippen LogP contribution in [0.3, 0.4) is 0 Å². The smallest absolute Gasteiger partial charge is 0.0985 e. The van der Waals surface area contributed by atoms with Crippen LogP contribution in [0.15, 0.2) is 11.4 Å². The molecule has 2 heterocycles. The summed E-state index contributed by atoms with van der Waals surface area (Å²) in [4.78, 5) is 7.59. The van der Waals surface area contributed by atoms with Crippen molar-refractivity contribution in [2.24, 2.45) is 0 Å². The number of aromatic nitrogens is 1. The van der Waals surface area contributed by atoms with Gasteiger partial charge in [0.2, 0.25) is 0 Å². The Balaban J connectivity index is 2.07. The van der Waals surface area contributed by atoms with Gasteiger partial charge in [0.05, 0.1) is 10.7 Å². The number of thiophene rings is 1. The monoisotopic (exact) mass is 322 g/mol. The van der Waals surface area contributed by atoms with Crippen molar-refractivity contribution in [2.75, 3.05) is 0 Å². The zero-order valence-corrected chi connectivity index (χ0v) is 15.5. The molecule has 0 saturated heterocycles. The predicted molar refractivity (Wildman–Crippen MR) is 94.5 cm³/mol. The molecule has 1 atom stereocenters. The number of nitrogens with zero attached hydrogens (tertiary/aromatic N) is 1. The average Bonchev–Trinajstić information content (AvgIpc) is 3.01. The highest BCUT2D eigenvalue weighted by Gasteiger charge is 2.22. The molecule has 0 spiro atoms. The maximum Gasteiger partial charge on any atom is 0.0985 e. The summed E-state index contributed by atoms with van der Waals surface area (Å²) in [6.45, 7) is 14.2. The van der Waals surface area contributed by atoms with Gasteiger partial charge in [-0.3, -0.25) is 0 Å². The number of thiazole rings is 1. The Morgan fingerprint density at radius 1 is 1.33 bits per heavy atom. The van der Waals surface area contributed by atoms with Gasteiger partial charge in [-0.15, -0.1) is 22.7 Å². The lowest BCUT2D eigenvalue weighted by molar-refractivity contribution is 0.579. The second-order valence-corrected chi connectivity index (χ2v) is 8.58. The Labute approximate surface area is 136 Å². The summed E-state index contributed by atoms with van der Waals surface area (Å²) in [6, 6.07) is 2.59. The van der Waals surface area contributed by atoms with Crippen LogP contribution in [0.1, 0.15) is 66.7 Å². The summed E-state index contributed by atoms with van der Waals surface area (Å²) in [5.41, 5.74) is 2.78. The van der Waals surface area contributed by atoms with Crippen LogP contribution >= 0.6 is 22.7 Å². The Kier molecular flexibility index (Phi) is 5.23. The lowest BCUT2D eigenvalue weighted by atomic mass is 9.98. The average molecular weight is 323 g/mol. The first-order chi connectivity index (χ1) is 9.82. The van der Waals surface area contributed by atoms with Crippen molar-refractivity contribution in [3.8, 4) is 0 Å². The molecule has 2 aromatic heterocycles. The van der Waals surface area contributed by atoms with Crippen LogP contribution in [-0.4, -0.2) is 4.98 Å². The summed E-state index contributed by atoms with van der Waals surface area (Å²) >= 11 is 3.70. The van der Waals surface area contributed by atoms with Crippen molar-refractivity contribution >= 4 is 22.7 Å². The minimum absolute atomic E-state index is 0.135. The Hall–Kier alpha value is -0.710. The van der Waals surface area contributed by atoms with Gasteiger partial charge in [-0.1, -0.05) is 27.7 Å². The highest BCUT2D eigenvalue weighted by atomic mass is 32.1. The van der Waals surface area contributed by atoms with Gasteiger partial charge in [0, 0.05) is 27.8 Å². The van der Waals surface area contributed by atoms with Gasteiger partial charge in [0.1, 0.15) is 0 Å². The molecule has 0 amide bonds. The van der Waals surface area contributed by atoms with Crippen molar-refractivity contribution in [1.82, 2.24) is 10.3 Å². The predicted octanol–water partition coefficient (Wildman–Crippen LogP) is 5.22. The van der Waals surface area contributed by atoms with Crippen LogP contribution in [0, 0.1) is 6.92 Å². The minimum atomic E-state index is 0.135. The van der Waals surface area contributed by atoms with Gasteiger partial charge in [-0.25, -0.2) is 4.98 Å². The lowest BCUT2D eigenvalue weighted by Gasteiger charge is -2.14.